The maximum absolute atomic E-state index is 12.8. The molecule has 0 N–H and O–H groups in total. The van der Waals surface area contributed by atoms with E-state index in [-0.39, 0.29) is 5.92 Å². The minimum absolute atomic E-state index is 0.123. The van der Waals surface area contributed by atoms with Crippen molar-refractivity contribution in [3.8, 4) is 0 Å². The Morgan fingerprint density at radius 3 is 2.46 bits per heavy atom. The summed E-state index contributed by atoms with van der Waals surface area (Å²) >= 11 is 6.29. The molecule has 2 aromatic carbocycles. The molecule has 0 aromatic heterocycles. The summed E-state index contributed by atoms with van der Waals surface area (Å²) in [6, 6.07) is 16.5. The maximum atomic E-state index is 12.8. The van der Waals surface area contributed by atoms with E-state index < -0.39 is 0 Å². The number of carbonyl (C=O) groups is 1. The van der Waals surface area contributed by atoms with Crippen molar-refractivity contribution in [3.63, 3.8) is 0 Å². The highest BCUT2D eigenvalue weighted by Crippen LogP contribution is 2.50. The highest BCUT2D eigenvalue weighted by molar-refractivity contribution is 6.31. The van der Waals surface area contributed by atoms with E-state index in [1.165, 1.54) is 11.1 Å². The Hall–Kier alpha value is -1.84. The number of hydrogen-bond acceptors (Lipinski definition) is 2. The number of benzene rings is 2. The molecular formula is C22H25ClN2O. The van der Waals surface area contributed by atoms with Gasteiger partial charge in [0.2, 0.25) is 5.91 Å². The molecule has 1 heterocycles. The van der Waals surface area contributed by atoms with Gasteiger partial charge in [-0.25, -0.2) is 0 Å². The predicted molar refractivity (Wildman–Crippen MR) is 105 cm³/mol. The van der Waals surface area contributed by atoms with Crippen LogP contribution in [0.15, 0.2) is 48.5 Å². The fraction of sp³-hybridized carbons (Fsp3) is 0.409. The van der Waals surface area contributed by atoms with E-state index in [0.29, 0.717) is 11.8 Å². The van der Waals surface area contributed by atoms with Crippen LogP contribution < -0.4 is 0 Å². The molecule has 1 saturated carbocycles. The lowest BCUT2D eigenvalue weighted by Gasteiger charge is -2.35. The largest absolute Gasteiger partial charge is 0.340 e. The Kier molecular flexibility index (Phi) is 5.01. The van der Waals surface area contributed by atoms with Gasteiger partial charge in [0.1, 0.15) is 0 Å². The van der Waals surface area contributed by atoms with Crippen molar-refractivity contribution < 1.29 is 4.79 Å². The Balaban J connectivity index is 1.31. The van der Waals surface area contributed by atoms with Crippen LogP contribution in [0, 0.1) is 12.8 Å². The molecule has 2 aromatic rings. The lowest BCUT2D eigenvalue weighted by molar-refractivity contribution is -0.134. The minimum atomic E-state index is 0.123. The van der Waals surface area contributed by atoms with Gasteiger partial charge in [0.05, 0.1) is 0 Å². The SMILES string of the molecule is Cc1ccccc1CN1CCN(C(=O)C2CC2c2ccccc2Cl)CC1. The summed E-state index contributed by atoms with van der Waals surface area (Å²) in [5.74, 6) is 0.740. The first-order chi connectivity index (χ1) is 12.6. The van der Waals surface area contributed by atoms with Crippen molar-refractivity contribution in [2.24, 2.45) is 5.92 Å². The minimum Gasteiger partial charge on any atom is -0.340 e. The first-order valence-corrected chi connectivity index (χ1v) is 9.81. The predicted octanol–water partition coefficient (Wildman–Crippen LogP) is 4.10. The van der Waals surface area contributed by atoms with Crippen LogP contribution in [0.5, 0.6) is 0 Å². The number of nitrogens with zero attached hydrogens (tertiary/aromatic N) is 2. The third-order valence-corrected chi connectivity index (χ3v) is 6.10. The van der Waals surface area contributed by atoms with Crippen molar-refractivity contribution in [1.29, 1.82) is 0 Å². The van der Waals surface area contributed by atoms with Crippen molar-refractivity contribution in [1.82, 2.24) is 9.80 Å². The molecule has 0 bridgehead atoms. The van der Waals surface area contributed by atoms with E-state index in [0.717, 1.165) is 49.7 Å². The van der Waals surface area contributed by atoms with Gasteiger partial charge in [0.25, 0.3) is 0 Å². The standard InChI is InChI=1S/C22H25ClN2O/c1-16-6-2-3-7-17(16)15-24-10-12-25(13-11-24)22(26)20-14-19(20)18-8-4-5-9-21(18)23/h2-9,19-20H,10-15H2,1H3. The van der Waals surface area contributed by atoms with Gasteiger partial charge in [-0.2, -0.15) is 0 Å². The van der Waals surface area contributed by atoms with Crippen LogP contribution in [-0.4, -0.2) is 41.9 Å². The molecule has 136 valence electrons. The highest BCUT2D eigenvalue weighted by Gasteiger charge is 2.46. The molecular weight excluding hydrogens is 344 g/mol. The quantitative estimate of drug-likeness (QED) is 0.811. The second-order valence-electron chi connectivity index (χ2n) is 7.50. The zero-order valence-corrected chi connectivity index (χ0v) is 16.0. The van der Waals surface area contributed by atoms with Crippen LogP contribution in [-0.2, 0) is 11.3 Å². The summed E-state index contributed by atoms with van der Waals surface area (Å²) in [4.78, 5) is 17.3. The third-order valence-electron chi connectivity index (χ3n) is 5.75. The number of rotatable bonds is 4. The van der Waals surface area contributed by atoms with Gasteiger partial charge in [-0.1, -0.05) is 54.1 Å². The average Bonchev–Trinajstić information content (AvgIpc) is 3.45. The average molecular weight is 369 g/mol. The summed E-state index contributed by atoms with van der Waals surface area (Å²) in [5, 5.41) is 0.788. The molecule has 2 unspecified atom stereocenters. The van der Waals surface area contributed by atoms with Gasteiger partial charge in [-0.05, 0) is 42.0 Å². The third kappa shape index (κ3) is 3.65. The van der Waals surface area contributed by atoms with Crippen LogP contribution in [0.25, 0.3) is 0 Å². The number of piperazine rings is 1. The Bertz CT molecular complexity index is 798. The van der Waals surface area contributed by atoms with Crippen molar-refractivity contribution in [2.75, 3.05) is 26.2 Å². The van der Waals surface area contributed by atoms with E-state index >= 15 is 0 Å². The van der Waals surface area contributed by atoms with Crippen molar-refractivity contribution in [3.05, 3.63) is 70.2 Å². The fourth-order valence-electron chi connectivity index (χ4n) is 3.98. The smallest absolute Gasteiger partial charge is 0.226 e. The lowest BCUT2D eigenvalue weighted by atomic mass is 10.1. The van der Waals surface area contributed by atoms with Gasteiger partial charge < -0.3 is 4.90 Å². The molecule has 1 aliphatic carbocycles. The highest BCUT2D eigenvalue weighted by atomic mass is 35.5. The molecule has 1 aliphatic heterocycles. The summed E-state index contributed by atoms with van der Waals surface area (Å²) < 4.78 is 0. The van der Waals surface area contributed by atoms with Crippen LogP contribution >= 0.6 is 11.6 Å². The number of amides is 1. The molecule has 4 heteroatoms. The molecule has 2 fully saturated rings. The number of halogens is 1. The van der Waals surface area contributed by atoms with Crippen LogP contribution in [0.1, 0.15) is 29.0 Å². The van der Waals surface area contributed by atoms with E-state index in [2.05, 4.69) is 47.1 Å². The van der Waals surface area contributed by atoms with Crippen molar-refractivity contribution >= 4 is 17.5 Å². The number of aryl methyl sites for hydroxylation is 1. The number of hydrogen-bond donors (Lipinski definition) is 0. The topological polar surface area (TPSA) is 23.6 Å². The van der Waals surface area contributed by atoms with Crippen molar-refractivity contribution in [2.45, 2.75) is 25.8 Å². The Morgan fingerprint density at radius 2 is 1.73 bits per heavy atom. The fourth-order valence-corrected chi connectivity index (χ4v) is 4.25. The van der Waals surface area contributed by atoms with Crippen LogP contribution in [0.4, 0.5) is 0 Å². The molecule has 2 aliphatic rings. The molecule has 0 radical (unpaired) electrons. The summed E-state index contributed by atoms with van der Waals surface area (Å²) in [5.41, 5.74) is 3.85. The van der Waals surface area contributed by atoms with E-state index in [4.69, 9.17) is 11.6 Å². The first-order valence-electron chi connectivity index (χ1n) is 9.43. The van der Waals surface area contributed by atoms with Gasteiger partial charge in [-0.3, -0.25) is 9.69 Å². The number of carbonyl (C=O) groups excluding carboxylic acids is 1. The lowest BCUT2D eigenvalue weighted by Crippen LogP contribution is -2.48. The Morgan fingerprint density at radius 1 is 1.04 bits per heavy atom. The molecule has 26 heavy (non-hydrogen) atoms. The molecule has 0 spiro atoms. The second kappa shape index (κ2) is 7.42. The zero-order valence-electron chi connectivity index (χ0n) is 15.2. The first kappa shape index (κ1) is 17.6. The van der Waals surface area contributed by atoms with Gasteiger partial charge in [0, 0.05) is 43.7 Å². The van der Waals surface area contributed by atoms with Crippen LogP contribution in [0.2, 0.25) is 5.02 Å². The normalized spacial score (nSPS) is 23.1. The zero-order chi connectivity index (χ0) is 18.1. The summed E-state index contributed by atoms with van der Waals surface area (Å²) in [6.07, 6.45) is 0.936. The van der Waals surface area contributed by atoms with Gasteiger partial charge in [0.15, 0.2) is 0 Å². The second-order valence-corrected chi connectivity index (χ2v) is 7.91. The maximum Gasteiger partial charge on any atom is 0.226 e. The molecule has 3 nitrogen and oxygen atoms in total. The van der Waals surface area contributed by atoms with Gasteiger partial charge in [-0.15, -0.1) is 0 Å². The molecule has 4 rings (SSSR count). The molecule has 1 amide bonds. The Labute approximate surface area is 160 Å². The van der Waals surface area contributed by atoms with Gasteiger partial charge >= 0.3 is 0 Å². The monoisotopic (exact) mass is 368 g/mol. The van der Waals surface area contributed by atoms with E-state index in [9.17, 15) is 4.79 Å². The van der Waals surface area contributed by atoms with E-state index in [1.807, 2.05) is 18.2 Å². The van der Waals surface area contributed by atoms with Crippen LogP contribution in [0.3, 0.4) is 0 Å². The van der Waals surface area contributed by atoms with E-state index in [1.54, 1.807) is 0 Å². The molecule has 2 atom stereocenters. The summed E-state index contributed by atoms with van der Waals surface area (Å²) in [6.45, 7) is 6.69. The molecule has 1 saturated heterocycles. The summed E-state index contributed by atoms with van der Waals surface area (Å²) in [7, 11) is 0.